The van der Waals surface area contributed by atoms with E-state index in [0.717, 1.165) is 0 Å². The van der Waals surface area contributed by atoms with Gasteiger partial charge in [-0.1, -0.05) is 23.7 Å². The summed E-state index contributed by atoms with van der Waals surface area (Å²) in [5, 5.41) is 16.0. The number of rotatable bonds is 6. The van der Waals surface area contributed by atoms with Crippen LogP contribution in [-0.4, -0.2) is 49.8 Å². The van der Waals surface area contributed by atoms with Crippen molar-refractivity contribution in [2.75, 3.05) is 26.9 Å². The van der Waals surface area contributed by atoms with Gasteiger partial charge in [0.15, 0.2) is 5.76 Å². The van der Waals surface area contributed by atoms with Crippen molar-refractivity contribution in [3.05, 3.63) is 58.0 Å². The van der Waals surface area contributed by atoms with Crippen LogP contribution in [0.25, 0.3) is 0 Å². The lowest BCUT2D eigenvalue weighted by atomic mass is 9.94. The molecule has 4 rings (SSSR count). The highest BCUT2D eigenvalue weighted by Crippen LogP contribution is 2.44. The molecule has 2 amide bonds. The highest BCUT2D eigenvalue weighted by molar-refractivity contribution is 6.30. The summed E-state index contributed by atoms with van der Waals surface area (Å²) in [5.74, 6) is -0.447. The highest BCUT2D eigenvalue weighted by Gasteiger charge is 2.55. The summed E-state index contributed by atoms with van der Waals surface area (Å²) >= 11 is 6.08. The summed E-state index contributed by atoms with van der Waals surface area (Å²) in [5.41, 5.74) is 0.932. The first kappa shape index (κ1) is 19.0. The molecule has 3 N–H and O–H groups in total. The fourth-order valence-corrected chi connectivity index (χ4v) is 4.02. The second-order valence-electron chi connectivity index (χ2n) is 7.12. The molecule has 8 heteroatoms. The van der Waals surface area contributed by atoms with Crippen LogP contribution in [0.15, 0.2) is 34.7 Å². The fourth-order valence-electron chi connectivity index (χ4n) is 3.82. The number of aliphatic hydroxyl groups is 1. The number of furan rings is 1. The van der Waals surface area contributed by atoms with Gasteiger partial charge in [-0.2, -0.15) is 0 Å². The minimum Gasteiger partial charge on any atom is -0.454 e. The lowest BCUT2D eigenvalue weighted by molar-refractivity contribution is 0.0917. The fraction of sp³-hybridized carbons (Fsp3) is 0.400. The van der Waals surface area contributed by atoms with Crippen LogP contribution >= 0.6 is 11.6 Å². The zero-order chi connectivity index (χ0) is 19.8. The second kappa shape index (κ2) is 7.58. The van der Waals surface area contributed by atoms with Crippen LogP contribution < -0.4 is 10.6 Å². The maximum absolute atomic E-state index is 12.9. The number of carbonyl (C=O) groups is 2. The Morgan fingerprint density at radius 1 is 1.25 bits per heavy atom. The number of amides is 2. The van der Waals surface area contributed by atoms with E-state index in [1.807, 2.05) is 0 Å². The second-order valence-corrected chi connectivity index (χ2v) is 7.56. The molecule has 1 saturated carbocycles. The smallest absolute Gasteiger partial charge is 0.286 e. The number of ether oxygens (including phenoxy) is 1. The largest absolute Gasteiger partial charge is 0.454 e. The maximum atomic E-state index is 12.9. The molecule has 148 valence electrons. The number of benzene rings is 1. The molecule has 0 spiro atoms. The van der Waals surface area contributed by atoms with Crippen molar-refractivity contribution in [2.24, 2.45) is 11.8 Å². The van der Waals surface area contributed by atoms with Gasteiger partial charge < -0.3 is 24.9 Å². The van der Waals surface area contributed by atoms with E-state index in [1.165, 1.54) is 13.1 Å². The van der Waals surface area contributed by atoms with E-state index in [4.69, 9.17) is 20.8 Å². The molecular formula is C20H21ClN2O5. The number of hydrogen-bond acceptors (Lipinski definition) is 5. The highest BCUT2D eigenvalue weighted by atomic mass is 35.5. The Hall–Kier alpha value is -2.35. The molecule has 1 aromatic heterocycles. The molecule has 4 atom stereocenters. The van der Waals surface area contributed by atoms with Gasteiger partial charge in [0.1, 0.15) is 5.76 Å². The topological polar surface area (TPSA) is 101 Å². The van der Waals surface area contributed by atoms with E-state index < -0.39 is 11.8 Å². The number of hydrogen-bond donors (Lipinski definition) is 3. The average molecular weight is 405 g/mol. The zero-order valence-electron chi connectivity index (χ0n) is 15.3. The molecule has 0 radical (unpaired) electrons. The molecule has 1 aromatic carbocycles. The van der Waals surface area contributed by atoms with E-state index in [2.05, 4.69) is 10.6 Å². The van der Waals surface area contributed by atoms with Crippen molar-refractivity contribution < 1.29 is 23.8 Å². The Kier molecular flexibility index (Phi) is 5.14. The van der Waals surface area contributed by atoms with Crippen LogP contribution in [0.5, 0.6) is 0 Å². The molecule has 1 unspecified atom stereocenters. The minimum atomic E-state index is -0.625. The molecule has 2 aliphatic rings. The van der Waals surface area contributed by atoms with Gasteiger partial charge in [0.2, 0.25) is 0 Å². The van der Waals surface area contributed by atoms with Gasteiger partial charge in [-0.15, -0.1) is 0 Å². The Balaban J connectivity index is 1.67. The number of fused-ring (bicyclic) bond motifs is 1. The monoisotopic (exact) mass is 404 g/mol. The van der Waals surface area contributed by atoms with Crippen molar-refractivity contribution in [1.82, 2.24) is 10.6 Å². The van der Waals surface area contributed by atoms with Gasteiger partial charge in [-0.25, -0.2) is 0 Å². The summed E-state index contributed by atoms with van der Waals surface area (Å²) in [7, 11) is 1.48. The first-order chi connectivity index (χ1) is 13.5. The summed E-state index contributed by atoms with van der Waals surface area (Å²) < 4.78 is 11.1. The van der Waals surface area contributed by atoms with Crippen LogP contribution in [0.4, 0.5) is 0 Å². The number of halogens is 1. The van der Waals surface area contributed by atoms with E-state index >= 15 is 0 Å². The molecular weight excluding hydrogens is 384 g/mol. The maximum Gasteiger partial charge on any atom is 0.286 e. The summed E-state index contributed by atoms with van der Waals surface area (Å²) in [6, 6.07) is 8.47. The lowest BCUT2D eigenvalue weighted by Gasteiger charge is -2.15. The first-order valence-electron chi connectivity index (χ1n) is 9.14. The van der Waals surface area contributed by atoms with Crippen LogP contribution in [0.1, 0.15) is 38.2 Å². The first-order valence-corrected chi connectivity index (χ1v) is 9.52. The van der Waals surface area contributed by atoms with Crippen LogP contribution in [0.3, 0.4) is 0 Å². The Bertz CT molecular complexity index is 902. The molecule has 1 aliphatic heterocycles. The summed E-state index contributed by atoms with van der Waals surface area (Å²) in [6.07, 6.45) is 0. The van der Waals surface area contributed by atoms with E-state index in [9.17, 15) is 14.7 Å². The van der Waals surface area contributed by atoms with Crippen LogP contribution in [0, 0.1) is 11.8 Å². The number of carbonyl (C=O) groups excluding carboxylic acids is 2. The van der Waals surface area contributed by atoms with Gasteiger partial charge in [-0.05, 0) is 17.7 Å². The Morgan fingerprint density at radius 3 is 2.64 bits per heavy atom. The number of nitrogens with one attached hydrogen (secondary N) is 2. The van der Waals surface area contributed by atoms with E-state index in [1.54, 1.807) is 24.3 Å². The lowest BCUT2D eigenvalue weighted by Crippen LogP contribution is -2.30. The predicted octanol–water partition coefficient (Wildman–Crippen LogP) is 1.79. The molecule has 28 heavy (non-hydrogen) atoms. The van der Waals surface area contributed by atoms with Crippen molar-refractivity contribution in [3.8, 4) is 0 Å². The third-order valence-electron chi connectivity index (χ3n) is 5.46. The van der Waals surface area contributed by atoms with Crippen molar-refractivity contribution in [3.63, 3.8) is 0 Å². The van der Waals surface area contributed by atoms with Gasteiger partial charge >= 0.3 is 0 Å². The standard InChI is InChI=1S/C20H21ClN2O5/c1-22-20(26)16-6-12(19(25)23-17-14-8-27-9-15(14)17)18(28-16)13(7-24)10-3-2-4-11(21)5-10/h2-6,13-15,17,24H,7-9H2,1H3,(H,22,26)(H,23,25)/t13?,14-,15+,17+. The molecule has 2 aromatic rings. The van der Waals surface area contributed by atoms with Crippen LogP contribution in [0.2, 0.25) is 5.02 Å². The van der Waals surface area contributed by atoms with Crippen molar-refractivity contribution in [2.45, 2.75) is 12.0 Å². The number of aliphatic hydroxyl groups excluding tert-OH is 1. The summed E-state index contributed by atoms with van der Waals surface area (Å²) in [4.78, 5) is 25.0. The SMILES string of the molecule is CNC(=O)c1cc(C(=O)N[C@H]2[C@@H]3COC[C@@H]32)c(C(CO)c2cccc(Cl)c2)o1. The third-order valence-corrected chi connectivity index (χ3v) is 5.69. The summed E-state index contributed by atoms with van der Waals surface area (Å²) in [6.45, 7) is 1.00. The van der Waals surface area contributed by atoms with Crippen LogP contribution in [-0.2, 0) is 4.74 Å². The van der Waals surface area contributed by atoms with Gasteiger partial charge in [0.25, 0.3) is 11.8 Å². The molecule has 1 saturated heterocycles. The van der Waals surface area contributed by atoms with Crippen molar-refractivity contribution >= 4 is 23.4 Å². The molecule has 2 heterocycles. The molecule has 7 nitrogen and oxygen atoms in total. The predicted molar refractivity (Wildman–Crippen MR) is 102 cm³/mol. The Labute approximate surface area is 167 Å². The normalized spacial score (nSPS) is 23.8. The minimum absolute atomic E-state index is 0.0162. The molecule has 2 fully saturated rings. The molecule has 0 bridgehead atoms. The zero-order valence-corrected chi connectivity index (χ0v) is 16.0. The van der Waals surface area contributed by atoms with Gasteiger partial charge in [-0.3, -0.25) is 9.59 Å². The van der Waals surface area contributed by atoms with Crippen molar-refractivity contribution in [1.29, 1.82) is 0 Å². The molecule has 1 aliphatic carbocycles. The van der Waals surface area contributed by atoms with Gasteiger partial charge in [0.05, 0.1) is 31.3 Å². The van der Waals surface area contributed by atoms with E-state index in [0.29, 0.717) is 35.6 Å². The van der Waals surface area contributed by atoms with E-state index in [-0.39, 0.29) is 35.6 Å². The third kappa shape index (κ3) is 3.41. The van der Waals surface area contributed by atoms with Gasteiger partial charge in [0, 0.05) is 36.0 Å². The average Bonchev–Trinajstić information content (AvgIpc) is 3.08. The Morgan fingerprint density at radius 2 is 2.00 bits per heavy atom. The quantitative estimate of drug-likeness (QED) is 0.681.